The highest BCUT2D eigenvalue weighted by Gasteiger charge is 2.18. The molecule has 1 saturated heterocycles. The highest BCUT2D eigenvalue weighted by Crippen LogP contribution is 2.31. The third-order valence-corrected chi connectivity index (χ3v) is 5.94. The molecule has 0 radical (unpaired) electrons. The van der Waals surface area contributed by atoms with E-state index in [2.05, 4.69) is 44.4 Å². The van der Waals surface area contributed by atoms with Gasteiger partial charge in [0.1, 0.15) is 11.4 Å². The second-order valence-electron chi connectivity index (χ2n) is 6.88. The molecule has 0 atom stereocenters. The number of nitrogens with zero attached hydrogens (tertiary/aromatic N) is 3. The van der Waals surface area contributed by atoms with Gasteiger partial charge in [0.2, 0.25) is 0 Å². The molecule has 0 spiro atoms. The van der Waals surface area contributed by atoms with E-state index in [9.17, 15) is 4.79 Å². The molecule has 2 N–H and O–H groups in total. The number of carbonyl (C=O) groups excluding carboxylic acids is 1. The van der Waals surface area contributed by atoms with E-state index in [-0.39, 0.29) is 5.69 Å². The van der Waals surface area contributed by atoms with Gasteiger partial charge in [0.15, 0.2) is 0 Å². The number of nitrogens with two attached hydrogens (primary N) is 1. The fourth-order valence-electron chi connectivity index (χ4n) is 3.58. The zero-order valence-corrected chi connectivity index (χ0v) is 18.5. The highest BCUT2D eigenvalue weighted by atomic mass is 32.1. The first-order valence-corrected chi connectivity index (χ1v) is 11.4. The lowest BCUT2D eigenvalue weighted by molar-refractivity contribution is 0.0995. The number of fused-ring (bicyclic) bond motifs is 1. The zero-order chi connectivity index (χ0) is 21.3. The van der Waals surface area contributed by atoms with E-state index >= 15 is 0 Å². The second kappa shape index (κ2) is 10.9. The predicted molar refractivity (Wildman–Crippen MR) is 125 cm³/mol. The van der Waals surface area contributed by atoms with Crippen LogP contribution in [0, 0.1) is 0 Å². The Labute approximate surface area is 182 Å². The van der Waals surface area contributed by atoms with Gasteiger partial charge >= 0.3 is 0 Å². The average Bonchev–Trinajstić information content (AvgIpc) is 3.28. The number of amides is 1. The number of carbonyl (C=O) groups is 1. The summed E-state index contributed by atoms with van der Waals surface area (Å²) in [6, 6.07) is 12.1. The zero-order valence-electron chi connectivity index (χ0n) is 17.7. The Morgan fingerprint density at radius 2 is 1.97 bits per heavy atom. The minimum absolute atomic E-state index is 0.231. The second-order valence-corrected chi connectivity index (χ2v) is 7.83. The largest absolute Gasteiger partial charge is 0.493 e. The minimum atomic E-state index is -0.540. The van der Waals surface area contributed by atoms with Gasteiger partial charge in [-0.2, -0.15) is 0 Å². The van der Waals surface area contributed by atoms with Crippen LogP contribution in [-0.4, -0.2) is 55.1 Å². The van der Waals surface area contributed by atoms with Crippen molar-refractivity contribution in [3.05, 3.63) is 53.7 Å². The Morgan fingerprint density at radius 3 is 2.73 bits per heavy atom. The van der Waals surface area contributed by atoms with Gasteiger partial charge in [-0.05, 0) is 36.1 Å². The van der Waals surface area contributed by atoms with E-state index in [0.29, 0.717) is 12.4 Å². The molecule has 4 rings (SSSR count). The Hall–Kier alpha value is -2.64. The molecule has 6 nitrogen and oxygen atoms in total. The summed E-state index contributed by atoms with van der Waals surface area (Å²) >= 11 is 1.80. The first-order chi connectivity index (χ1) is 14.7. The number of hydrogen-bond acceptors (Lipinski definition) is 6. The maximum Gasteiger partial charge on any atom is 0.267 e. The van der Waals surface area contributed by atoms with Crippen molar-refractivity contribution in [1.29, 1.82) is 0 Å². The molecule has 3 heterocycles. The third kappa shape index (κ3) is 5.49. The summed E-state index contributed by atoms with van der Waals surface area (Å²) in [6.07, 6.45) is 2.48. The van der Waals surface area contributed by atoms with Crippen molar-refractivity contribution < 1.29 is 9.53 Å². The molecule has 1 fully saturated rings. The number of benzene rings is 1. The van der Waals surface area contributed by atoms with Gasteiger partial charge in [0.25, 0.3) is 5.91 Å². The number of primary amides is 1. The van der Waals surface area contributed by atoms with E-state index < -0.39 is 5.91 Å². The molecule has 1 aliphatic heterocycles. The van der Waals surface area contributed by atoms with Crippen molar-refractivity contribution in [3.8, 4) is 5.75 Å². The van der Waals surface area contributed by atoms with Gasteiger partial charge in [0, 0.05) is 60.8 Å². The van der Waals surface area contributed by atoms with Gasteiger partial charge in [-0.3, -0.25) is 14.7 Å². The fourth-order valence-corrected chi connectivity index (χ4v) is 4.39. The molecule has 30 heavy (non-hydrogen) atoms. The lowest BCUT2D eigenvalue weighted by Crippen LogP contribution is -2.46. The molecule has 0 unspecified atom stereocenters. The molecule has 7 heteroatoms. The molecular formula is C23H30N4O2S. The number of aromatic nitrogens is 1. The topological polar surface area (TPSA) is 71.7 Å². The normalized spacial score (nSPS) is 14.3. The van der Waals surface area contributed by atoms with Crippen LogP contribution in [0.5, 0.6) is 5.75 Å². The van der Waals surface area contributed by atoms with Crippen LogP contribution < -0.4 is 15.4 Å². The molecule has 2 aromatic heterocycles. The molecular weight excluding hydrogens is 396 g/mol. The van der Waals surface area contributed by atoms with Crippen molar-refractivity contribution in [2.24, 2.45) is 5.73 Å². The van der Waals surface area contributed by atoms with Crippen molar-refractivity contribution >= 4 is 33.0 Å². The van der Waals surface area contributed by atoms with Crippen LogP contribution in [0.3, 0.4) is 0 Å². The first-order valence-electron chi connectivity index (χ1n) is 10.5. The third-order valence-electron chi connectivity index (χ3n) is 5.06. The van der Waals surface area contributed by atoms with E-state index in [1.807, 2.05) is 13.8 Å². The molecule has 1 aromatic carbocycles. The summed E-state index contributed by atoms with van der Waals surface area (Å²) in [4.78, 5) is 20.1. The van der Waals surface area contributed by atoms with Gasteiger partial charge in [-0.15, -0.1) is 11.3 Å². The lowest BCUT2D eigenvalue weighted by Gasteiger charge is -2.36. The van der Waals surface area contributed by atoms with Crippen molar-refractivity contribution in [1.82, 2.24) is 9.88 Å². The SMILES string of the molecule is CC.NC(=O)c1cc(OCCCN2CCN(c3cccc4sccc34)CC2)ccn1. The van der Waals surface area contributed by atoms with Crippen LogP contribution >= 0.6 is 11.3 Å². The number of piperazine rings is 1. The van der Waals surface area contributed by atoms with E-state index in [0.717, 1.165) is 39.1 Å². The smallest absolute Gasteiger partial charge is 0.267 e. The monoisotopic (exact) mass is 426 g/mol. The summed E-state index contributed by atoms with van der Waals surface area (Å²) in [6.45, 7) is 9.81. The van der Waals surface area contributed by atoms with E-state index in [4.69, 9.17) is 10.5 Å². The lowest BCUT2D eigenvalue weighted by atomic mass is 10.2. The Bertz CT molecular complexity index is 951. The van der Waals surface area contributed by atoms with Gasteiger partial charge in [0.05, 0.1) is 6.61 Å². The van der Waals surface area contributed by atoms with Crippen LogP contribution in [0.4, 0.5) is 5.69 Å². The van der Waals surface area contributed by atoms with Crippen molar-refractivity contribution in [2.45, 2.75) is 20.3 Å². The van der Waals surface area contributed by atoms with Crippen molar-refractivity contribution in [2.75, 3.05) is 44.2 Å². The van der Waals surface area contributed by atoms with Crippen LogP contribution in [0.15, 0.2) is 48.0 Å². The predicted octanol–water partition coefficient (Wildman–Crippen LogP) is 4.01. The van der Waals surface area contributed by atoms with Crippen LogP contribution in [0.25, 0.3) is 10.1 Å². The summed E-state index contributed by atoms with van der Waals surface area (Å²) in [7, 11) is 0. The fraction of sp³-hybridized carbons (Fsp3) is 0.391. The minimum Gasteiger partial charge on any atom is -0.493 e. The van der Waals surface area contributed by atoms with Gasteiger partial charge in [-0.1, -0.05) is 19.9 Å². The van der Waals surface area contributed by atoms with Gasteiger partial charge < -0.3 is 15.4 Å². The molecule has 160 valence electrons. The van der Waals surface area contributed by atoms with E-state index in [1.165, 1.54) is 15.8 Å². The number of ether oxygens (including phenoxy) is 1. The Balaban J connectivity index is 0.00000124. The van der Waals surface area contributed by atoms with Crippen LogP contribution in [0.1, 0.15) is 30.8 Å². The van der Waals surface area contributed by atoms with Crippen LogP contribution in [0.2, 0.25) is 0 Å². The number of thiophene rings is 1. The molecule has 3 aromatic rings. The van der Waals surface area contributed by atoms with E-state index in [1.54, 1.807) is 29.7 Å². The Kier molecular flexibility index (Phi) is 8.04. The summed E-state index contributed by atoms with van der Waals surface area (Å²) in [5.41, 5.74) is 6.83. The molecule has 1 aliphatic rings. The van der Waals surface area contributed by atoms with Crippen LogP contribution in [-0.2, 0) is 0 Å². The number of hydrogen-bond donors (Lipinski definition) is 1. The van der Waals surface area contributed by atoms with Gasteiger partial charge in [-0.25, -0.2) is 0 Å². The summed E-state index contributed by atoms with van der Waals surface area (Å²) in [5.74, 6) is 0.0962. The summed E-state index contributed by atoms with van der Waals surface area (Å²) < 4.78 is 7.09. The number of pyridine rings is 1. The quantitative estimate of drug-likeness (QED) is 0.578. The highest BCUT2D eigenvalue weighted by molar-refractivity contribution is 7.17. The first kappa shape index (κ1) is 22.1. The Morgan fingerprint density at radius 1 is 1.17 bits per heavy atom. The molecule has 0 aliphatic carbocycles. The molecule has 0 saturated carbocycles. The van der Waals surface area contributed by atoms with Crippen molar-refractivity contribution in [3.63, 3.8) is 0 Å². The maximum absolute atomic E-state index is 11.2. The maximum atomic E-state index is 11.2. The standard InChI is InChI=1S/C21H24N4O2S.C2H6/c22-21(26)18-15-16(5-7-23-18)27-13-2-8-24-9-11-25(12-10-24)19-3-1-4-20-17(19)6-14-28-20;1-2/h1,3-7,14-15H,2,8-13H2,(H2,22,26);1-2H3. The molecule has 1 amide bonds. The summed E-state index contributed by atoms with van der Waals surface area (Å²) in [5, 5.41) is 3.53. The average molecular weight is 427 g/mol. The number of rotatable bonds is 7. The number of anilines is 1. The molecule has 0 bridgehead atoms.